The minimum absolute atomic E-state index is 0.0622. The van der Waals surface area contributed by atoms with Crippen LogP contribution in [0.25, 0.3) is 0 Å². The van der Waals surface area contributed by atoms with Gasteiger partial charge in [0, 0.05) is 17.1 Å². The van der Waals surface area contributed by atoms with E-state index < -0.39 is 0 Å². The third kappa shape index (κ3) is 5.16. The van der Waals surface area contributed by atoms with Gasteiger partial charge in [0.25, 0.3) is 0 Å². The maximum atomic E-state index is 11.8. The van der Waals surface area contributed by atoms with Crippen LogP contribution in [-0.2, 0) is 11.2 Å². The Hall–Kier alpha value is -1.94. The van der Waals surface area contributed by atoms with Crippen molar-refractivity contribution in [2.75, 3.05) is 18.0 Å². The number of hydrogen-bond acceptors (Lipinski definition) is 3. The van der Waals surface area contributed by atoms with Crippen molar-refractivity contribution in [3.05, 3.63) is 59.7 Å². The Morgan fingerprint density at radius 1 is 1.19 bits per heavy atom. The number of carbonyl (C=O) groups is 1. The molecule has 21 heavy (non-hydrogen) atoms. The Morgan fingerprint density at radius 2 is 1.95 bits per heavy atom. The second-order valence-electron chi connectivity index (χ2n) is 4.90. The maximum absolute atomic E-state index is 11.8. The van der Waals surface area contributed by atoms with Crippen LogP contribution in [0.5, 0.6) is 0 Å². The molecule has 0 aliphatic carbocycles. The molecule has 0 aliphatic rings. The summed E-state index contributed by atoms with van der Waals surface area (Å²) in [5.74, 6) is 0.492. The standard InChI is InChI=1S/C17H20N2OS/c1-13-11-15(18)7-8-16(13)21-12-17(20)19-10-9-14-5-3-2-4-6-14/h2-8,11H,9-10,12,18H2,1H3,(H,19,20). The minimum atomic E-state index is 0.0622. The molecular weight excluding hydrogens is 280 g/mol. The Kier molecular flexibility index (Phi) is 5.69. The fourth-order valence-corrected chi connectivity index (χ4v) is 2.86. The molecule has 0 bridgehead atoms. The van der Waals surface area contributed by atoms with Gasteiger partial charge in [0.05, 0.1) is 5.75 Å². The summed E-state index contributed by atoms with van der Waals surface area (Å²) in [7, 11) is 0. The van der Waals surface area contributed by atoms with E-state index in [4.69, 9.17) is 5.73 Å². The minimum Gasteiger partial charge on any atom is -0.399 e. The molecule has 0 saturated carbocycles. The fourth-order valence-electron chi connectivity index (χ4n) is 2.02. The molecule has 3 nitrogen and oxygen atoms in total. The third-order valence-electron chi connectivity index (χ3n) is 3.14. The highest BCUT2D eigenvalue weighted by Gasteiger charge is 2.05. The van der Waals surface area contributed by atoms with Gasteiger partial charge >= 0.3 is 0 Å². The molecular formula is C17H20N2OS. The molecule has 4 heteroatoms. The Balaban J connectivity index is 1.72. The number of thioether (sulfide) groups is 1. The summed E-state index contributed by atoms with van der Waals surface area (Å²) in [6.07, 6.45) is 0.859. The molecule has 0 fully saturated rings. The van der Waals surface area contributed by atoms with E-state index in [1.165, 1.54) is 5.56 Å². The number of nitrogens with two attached hydrogens (primary N) is 1. The normalized spacial score (nSPS) is 10.3. The van der Waals surface area contributed by atoms with E-state index in [1.807, 2.05) is 43.3 Å². The van der Waals surface area contributed by atoms with E-state index in [0.29, 0.717) is 12.3 Å². The van der Waals surface area contributed by atoms with E-state index in [-0.39, 0.29) is 5.91 Å². The number of nitrogen functional groups attached to an aromatic ring is 1. The second-order valence-corrected chi connectivity index (χ2v) is 5.92. The lowest BCUT2D eigenvalue weighted by Crippen LogP contribution is -2.27. The van der Waals surface area contributed by atoms with Crippen LogP contribution in [0.15, 0.2) is 53.4 Å². The van der Waals surface area contributed by atoms with Crippen molar-refractivity contribution >= 4 is 23.4 Å². The first-order valence-electron chi connectivity index (χ1n) is 6.94. The lowest BCUT2D eigenvalue weighted by molar-refractivity contribution is -0.118. The van der Waals surface area contributed by atoms with Crippen LogP contribution < -0.4 is 11.1 Å². The highest BCUT2D eigenvalue weighted by molar-refractivity contribution is 8.00. The summed E-state index contributed by atoms with van der Waals surface area (Å²) in [6.45, 7) is 2.68. The molecule has 110 valence electrons. The predicted octanol–water partition coefficient (Wildman–Crippen LogP) is 3.03. The molecule has 0 heterocycles. The smallest absolute Gasteiger partial charge is 0.230 e. The molecule has 0 spiro atoms. The van der Waals surface area contributed by atoms with Crippen molar-refractivity contribution in [1.29, 1.82) is 0 Å². The number of anilines is 1. The SMILES string of the molecule is Cc1cc(N)ccc1SCC(=O)NCCc1ccccc1. The van der Waals surface area contributed by atoms with Gasteiger partial charge in [0.2, 0.25) is 5.91 Å². The zero-order valence-corrected chi connectivity index (χ0v) is 13.0. The number of hydrogen-bond donors (Lipinski definition) is 2. The van der Waals surface area contributed by atoms with Crippen LogP contribution in [0.3, 0.4) is 0 Å². The fraction of sp³-hybridized carbons (Fsp3) is 0.235. The van der Waals surface area contributed by atoms with Gasteiger partial charge in [-0.1, -0.05) is 30.3 Å². The Bertz CT molecular complexity index is 599. The summed E-state index contributed by atoms with van der Waals surface area (Å²) in [5, 5.41) is 2.95. The molecule has 0 aliphatic heterocycles. The molecule has 2 rings (SSSR count). The van der Waals surface area contributed by atoms with E-state index in [1.54, 1.807) is 11.8 Å². The molecule has 0 atom stereocenters. The average Bonchev–Trinajstić information content (AvgIpc) is 2.47. The van der Waals surface area contributed by atoms with Crippen LogP contribution in [0.1, 0.15) is 11.1 Å². The maximum Gasteiger partial charge on any atom is 0.230 e. The van der Waals surface area contributed by atoms with Gasteiger partial charge in [-0.15, -0.1) is 11.8 Å². The van der Waals surface area contributed by atoms with Crippen molar-refractivity contribution in [3.63, 3.8) is 0 Å². The van der Waals surface area contributed by atoms with Gasteiger partial charge in [-0.2, -0.15) is 0 Å². The number of aryl methyl sites for hydroxylation is 1. The summed E-state index contributed by atoms with van der Waals surface area (Å²) < 4.78 is 0. The topological polar surface area (TPSA) is 55.1 Å². The summed E-state index contributed by atoms with van der Waals surface area (Å²) >= 11 is 1.54. The zero-order valence-electron chi connectivity index (χ0n) is 12.1. The quantitative estimate of drug-likeness (QED) is 0.637. The Labute approximate surface area is 129 Å². The molecule has 3 N–H and O–H groups in total. The lowest BCUT2D eigenvalue weighted by atomic mass is 10.1. The average molecular weight is 300 g/mol. The molecule has 2 aromatic rings. The highest BCUT2D eigenvalue weighted by Crippen LogP contribution is 2.23. The van der Waals surface area contributed by atoms with Crippen LogP contribution in [0.4, 0.5) is 5.69 Å². The van der Waals surface area contributed by atoms with Crippen molar-refractivity contribution < 1.29 is 4.79 Å². The van der Waals surface area contributed by atoms with E-state index in [9.17, 15) is 4.79 Å². The van der Waals surface area contributed by atoms with Crippen LogP contribution in [0.2, 0.25) is 0 Å². The molecule has 1 amide bonds. The molecule has 0 radical (unpaired) electrons. The summed E-state index contributed by atoms with van der Waals surface area (Å²) in [6, 6.07) is 15.9. The zero-order chi connectivity index (χ0) is 15.1. The molecule has 0 saturated heterocycles. The second kappa shape index (κ2) is 7.74. The Morgan fingerprint density at radius 3 is 2.67 bits per heavy atom. The van der Waals surface area contributed by atoms with E-state index >= 15 is 0 Å². The number of benzene rings is 2. The summed E-state index contributed by atoms with van der Waals surface area (Å²) in [5.41, 5.74) is 8.81. The van der Waals surface area contributed by atoms with Crippen LogP contribution >= 0.6 is 11.8 Å². The third-order valence-corrected chi connectivity index (χ3v) is 4.31. The first-order valence-corrected chi connectivity index (χ1v) is 7.93. The lowest BCUT2D eigenvalue weighted by Gasteiger charge is -2.07. The molecule has 2 aromatic carbocycles. The van der Waals surface area contributed by atoms with E-state index in [0.717, 1.165) is 22.6 Å². The number of rotatable bonds is 6. The van der Waals surface area contributed by atoms with Gasteiger partial charge < -0.3 is 11.1 Å². The van der Waals surface area contributed by atoms with Crippen molar-refractivity contribution in [2.45, 2.75) is 18.2 Å². The first kappa shape index (κ1) is 15.4. The molecule has 0 aromatic heterocycles. The van der Waals surface area contributed by atoms with Gasteiger partial charge in [-0.25, -0.2) is 0 Å². The molecule has 0 unspecified atom stereocenters. The van der Waals surface area contributed by atoms with E-state index in [2.05, 4.69) is 17.4 Å². The number of nitrogens with one attached hydrogen (secondary N) is 1. The number of carbonyl (C=O) groups excluding carboxylic acids is 1. The largest absolute Gasteiger partial charge is 0.399 e. The van der Waals surface area contributed by atoms with Crippen LogP contribution in [0, 0.1) is 6.92 Å². The van der Waals surface area contributed by atoms with Gasteiger partial charge in [-0.3, -0.25) is 4.79 Å². The number of amides is 1. The predicted molar refractivity (Wildman–Crippen MR) is 89.5 cm³/mol. The van der Waals surface area contributed by atoms with Crippen molar-refractivity contribution in [2.24, 2.45) is 0 Å². The van der Waals surface area contributed by atoms with Gasteiger partial charge in [0.15, 0.2) is 0 Å². The van der Waals surface area contributed by atoms with Crippen molar-refractivity contribution in [1.82, 2.24) is 5.32 Å². The van der Waals surface area contributed by atoms with Crippen molar-refractivity contribution in [3.8, 4) is 0 Å². The van der Waals surface area contributed by atoms with Gasteiger partial charge in [-0.05, 0) is 42.7 Å². The first-order chi connectivity index (χ1) is 10.1. The van der Waals surface area contributed by atoms with Crippen LogP contribution in [-0.4, -0.2) is 18.2 Å². The van der Waals surface area contributed by atoms with Gasteiger partial charge in [0.1, 0.15) is 0 Å². The highest BCUT2D eigenvalue weighted by atomic mass is 32.2. The monoisotopic (exact) mass is 300 g/mol. The summed E-state index contributed by atoms with van der Waals surface area (Å²) in [4.78, 5) is 12.9.